The molecular weight excluding hydrogens is 350 g/mol. The molecule has 1 aromatic carbocycles. The second kappa shape index (κ2) is 6.74. The van der Waals surface area contributed by atoms with Gasteiger partial charge in [0.15, 0.2) is 0 Å². The largest absolute Gasteiger partial charge is 0.302 e. The minimum Gasteiger partial charge on any atom is -0.302 e. The molecule has 2 bridgehead atoms. The summed E-state index contributed by atoms with van der Waals surface area (Å²) in [4.78, 5) is 24.3. The van der Waals surface area contributed by atoms with Crippen LogP contribution in [0.15, 0.2) is 46.4 Å². The lowest BCUT2D eigenvalue weighted by atomic mass is 9.57. The molecule has 0 spiro atoms. The third-order valence-corrected chi connectivity index (χ3v) is 8.10. The molecule has 1 fully saturated rings. The second-order valence-electron chi connectivity index (χ2n) is 7.53. The number of benzene rings is 1. The van der Waals surface area contributed by atoms with E-state index in [2.05, 4.69) is 0 Å². The van der Waals surface area contributed by atoms with E-state index in [1.165, 1.54) is 11.2 Å². The number of fused-ring (bicyclic) bond motifs is 2. The molecule has 0 radical (unpaired) electrons. The lowest BCUT2D eigenvalue weighted by molar-refractivity contribution is -0.126. The summed E-state index contributed by atoms with van der Waals surface area (Å²) in [7, 11) is -3.67. The zero-order chi connectivity index (χ0) is 19.1. The van der Waals surface area contributed by atoms with Crippen molar-refractivity contribution in [3.63, 3.8) is 0 Å². The van der Waals surface area contributed by atoms with Crippen LogP contribution in [0.3, 0.4) is 0 Å². The number of rotatable bonds is 5. The van der Waals surface area contributed by atoms with Crippen molar-refractivity contribution in [1.82, 2.24) is 4.31 Å². The summed E-state index contributed by atoms with van der Waals surface area (Å²) in [6.45, 7) is 5.71. The average molecular weight is 375 g/mol. The van der Waals surface area contributed by atoms with Crippen LogP contribution in [-0.2, 0) is 19.6 Å². The number of nitrogens with zero attached hydrogens (tertiary/aromatic N) is 1. The predicted octanol–water partition coefficient (Wildman–Crippen LogP) is 2.97. The first kappa shape index (κ1) is 19.0. The summed E-state index contributed by atoms with van der Waals surface area (Å²) >= 11 is 0. The van der Waals surface area contributed by atoms with E-state index in [1.54, 1.807) is 30.3 Å². The maximum Gasteiger partial charge on any atom is 0.243 e. The minimum atomic E-state index is -3.67. The van der Waals surface area contributed by atoms with Crippen LogP contribution < -0.4 is 0 Å². The Bertz CT molecular complexity index is 859. The normalized spacial score (nSPS) is 29.5. The van der Waals surface area contributed by atoms with Crippen molar-refractivity contribution in [2.24, 2.45) is 11.3 Å². The predicted molar refractivity (Wildman–Crippen MR) is 99.0 cm³/mol. The first-order valence-electron chi connectivity index (χ1n) is 8.93. The molecule has 1 aromatic rings. The van der Waals surface area contributed by atoms with Gasteiger partial charge < -0.3 is 9.59 Å². The smallest absolute Gasteiger partial charge is 0.243 e. The summed E-state index contributed by atoms with van der Waals surface area (Å²) in [6.07, 6.45) is 2.15. The number of ketones is 1. The molecule has 5 nitrogen and oxygen atoms in total. The molecule has 6 heteroatoms. The Hall–Kier alpha value is -1.79. The lowest BCUT2D eigenvalue weighted by Crippen LogP contribution is -2.59. The monoisotopic (exact) mass is 375 g/mol. The highest BCUT2D eigenvalue weighted by Crippen LogP contribution is 2.53. The topological polar surface area (TPSA) is 71.5 Å². The van der Waals surface area contributed by atoms with Crippen LogP contribution in [0, 0.1) is 11.3 Å². The first-order valence-corrected chi connectivity index (χ1v) is 10.4. The van der Waals surface area contributed by atoms with Crippen LogP contribution in [0.25, 0.3) is 0 Å². The van der Waals surface area contributed by atoms with Crippen LogP contribution in [0.1, 0.15) is 40.0 Å². The van der Waals surface area contributed by atoms with Gasteiger partial charge in [-0.05, 0) is 51.7 Å². The molecule has 2 aliphatic rings. The molecule has 3 rings (SSSR count). The van der Waals surface area contributed by atoms with E-state index in [9.17, 15) is 18.0 Å². The summed E-state index contributed by atoms with van der Waals surface area (Å²) in [5.74, 6) is -0.328. The Balaban J connectivity index is 2.10. The molecule has 1 aliphatic carbocycles. The van der Waals surface area contributed by atoms with Gasteiger partial charge in [0.1, 0.15) is 12.1 Å². The van der Waals surface area contributed by atoms with Crippen LogP contribution in [-0.4, -0.2) is 37.4 Å². The van der Waals surface area contributed by atoms with Crippen LogP contribution in [0.4, 0.5) is 0 Å². The summed E-state index contributed by atoms with van der Waals surface area (Å²) in [5, 5.41) is 0. The zero-order valence-electron chi connectivity index (χ0n) is 15.4. The van der Waals surface area contributed by atoms with Crippen molar-refractivity contribution in [2.75, 3.05) is 6.54 Å². The second-order valence-corrected chi connectivity index (χ2v) is 9.42. The highest BCUT2D eigenvalue weighted by Gasteiger charge is 2.55. The molecule has 3 atom stereocenters. The fourth-order valence-electron chi connectivity index (χ4n) is 4.65. The van der Waals surface area contributed by atoms with E-state index in [0.717, 1.165) is 17.4 Å². The number of carbonyl (C=O) groups is 2. The number of sulfonamides is 1. The first-order chi connectivity index (χ1) is 12.2. The molecule has 0 amide bonds. The Morgan fingerprint density at radius 3 is 2.50 bits per heavy atom. The summed E-state index contributed by atoms with van der Waals surface area (Å²) in [5.41, 5.74) is 1.32. The van der Waals surface area contributed by atoms with Gasteiger partial charge in [0.05, 0.1) is 10.3 Å². The Morgan fingerprint density at radius 2 is 1.92 bits per heavy atom. The molecule has 0 N–H and O–H groups in total. The van der Waals surface area contributed by atoms with E-state index < -0.39 is 15.4 Å². The van der Waals surface area contributed by atoms with Crippen molar-refractivity contribution in [1.29, 1.82) is 0 Å². The van der Waals surface area contributed by atoms with Gasteiger partial charge in [0.25, 0.3) is 0 Å². The maximum absolute atomic E-state index is 13.2. The van der Waals surface area contributed by atoms with E-state index in [0.29, 0.717) is 19.4 Å². The summed E-state index contributed by atoms with van der Waals surface area (Å²) in [6, 6.07) is 8.00. The van der Waals surface area contributed by atoms with E-state index in [1.807, 2.05) is 13.8 Å². The van der Waals surface area contributed by atoms with Gasteiger partial charge in [0.2, 0.25) is 10.0 Å². The van der Waals surface area contributed by atoms with Gasteiger partial charge >= 0.3 is 0 Å². The highest BCUT2D eigenvalue weighted by atomic mass is 32.2. The van der Waals surface area contributed by atoms with Gasteiger partial charge in [-0.1, -0.05) is 29.3 Å². The molecule has 26 heavy (non-hydrogen) atoms. The average Bonchev–Trinajstić information content (AvgIpc) is 2.61. The van der Waals surface area contributed by atoms with Gasteiger partial charge in [-0.3, -0.25) is 0 Å². The SMILES string of the molecule is CC(=O)C[C@H]1[C@H]2CC(C)=C(C)[C@]1(C=O)CCN2S(=O)(=O)c1ccccc1. The Kier molecular flexibility index (Phi) is 4.92. The van der Waals surface area contributed by atoms with Crippen LogP contribution >= 0.6 is 0 Å². The molecule has 0 aromatic heterocycles. The highest BCUT2D eigenvalue weighted by molar-refractivity contribution is 7.89. The molecule has 140 valence electrons. The number of allylic oxidation sites excluding steroid dienone is 1. The summed E-state index contributed by atoms with van der Waals surface area (Å²) < 4.78 is 28.0. The van der Waals surface area contributed by atoms with Gasteiger partial charge in [-0.25, -0.2) is 8.42 Å². The van der Waals surface area contributed by atoms with Crippen LogP contribution in [0.2, 0.25) is 0 Å². The van der Waals surface area contributed by atoms with Crippen molar-refractivity contribution >= 4 is 22.1 Å². The number of aldehydes is 1. The number of Topliss-reactive ketones (excluding diaryl/α,β-unsaturated/α-hetero) is 1. The number of piperidine rings is 1. The van der Waals surface area contributed by atoms with Gasteiger partial charge in [-0.2, -0.15) is 4.31 Å². The van der Waals surface area contributed by atoms with Gasteiger partial charge in [0, 0.05) is 19.0 Å². The standard InChI is InChI=1S/C20H25NO4S/c1-14-11-19-18(12-15(2)23)20(13-22,16(14)3)9-10-21(19)26(24,25)17-7-5-4-6-8-17/h4-8,13,18-19H,9-12H2,1-3H3/t18-,19+,20+/m0/s1. The number of hydrogen-bond acceptors (Lipinski definition) is 4. The molecule has 1 heterocycles. The minimum absolute atomic E-state index is 0.0162. The number of carbonyl (C=O) groups excluding carboxylic acids is 2. The van der Waals surface area contributed by atoms with Crippen molar-refractivity contribution < 1.29 is 18.0 Å². The quantitative estimate of drug-likeness (QED) is 0.586. The number of hydrogen-bond donors (Lipinski definition) is 0. The van der Waals surface area contributed by atoms with Crippen molar-refractivity contribution in [2.45, 2.75) is 51.0 Å². The fourth-order valence-corrected chi connectivity index (χ4v) is 6.33. The Labute approximate surface area is 155 Å². The van der Waals surface area contributed by atoms with Crippen molar-refractivity contribution in [3.05, 3.63) is 41.5 Å². The maximum atomic E-state index is 13.2. The van der Waals surface area contributed by atoms with Crippen LogP contribution in [0.5, 0.6) is 0 Å². The third kappa shape index (κ3) is 2.85. The third-order valence-electron chi connectivity index (χ3n) is 6.16. The van der Waals surface area contributed by atoms with E-state index >= 15 is 0 Å². The Morgan fingerprint density at radius 1 is 1.27 bits per heavy atom. The molecular formula is C20H25NO4S. The van der Waals surface area contributed by atoms with E-state index in [4.69, 9.17) is 0 Å². The van der Waals surface area contributed by atoms with E-state index in [-0.39, 0.29) is 29.1 Å². The van der Waals surface area contributed by atoms with Crippen molar-refractivity contribution in [3.8, 4) is 0 Å². The zero-order valence-corrected chi connectivity index (χ0v) is 16.3. The molecule has 0 saturated carbocycles. The molecule has 0 unspecified atom stereocenters. The van der Waals surface area contributed by atoms with Gasteiger partial charge in [-0.15, -0.1) is 0 Å². The molecule has 1 saturated heterocycles. The molecule has 1 aliphatic heterocycles. The fraction of sp³-hybridized carbons (Fsp3) is 0.500. The lowest BCUT2D eigenvalue weighted by Gasteiger charge is -2.53.